The van der Waals surface area contributed by atoms with E-state index in [2.05, 4.69) is 24.9 Å². The maximum Gasteiger partial charge on any atom is 0.241 e. The number of fused-ring (bicyclic) bond motifs is 4. The number of carbonyl (C=O) groups is 2. The van der Waals surface area contributed by atoms with Crippen LogP contribution in [0.4, 0.5) is 11.5 Å². The monoisotopic (exact) mass is 515 g/mol. The molecule has 1 aliphatic rings. The second kappa shape index (κ2) is 9.05. The van der Waals surface area contributed by atoms with Crippen molar-refractivity contribution < 1.29 is 9.59 Å². The highest BCUT2D eigenvalue weighted by atomic mass is 35.5. The fourth-order valence-corrected chi connectivity index (χ4v) is 6.23. The normalized spacial score (nSPS) is 15.4. The van der Waals surface area contributed by atoms with E-state index in [1.165, 1.54) is 33.2 Å². The van der Waals surface area contributed by atoms with Crippen molar-refractivity contribution in [1.82, 2.24) is 29.4 Å². The topological polar surface area (TPSA) is 104 Å². The molecule has 0 unspecified atom stereocenters. The number of hydrogen-bond donors (Lipinski definition) is 1. The number of aromatic nitrogens is 4. The smallest absolute Gasteiger partial charge is 0.241 e. The maximum atomic E-state index is 13.0. The van der Waals surface area contributed by atoms with E-state index in [1.807, 2.05) is 6.07 Å². The molecule has 0 radical (unpaired) electrons. The average Bonchev–Trinajstić information content (AvgIpc) is 3.42. The summed E-state index contributed by atoms with van der Waals surface area (Å²) >= 11 is 9.39. The Labute approximate surface area is 208 Å². The lowest BCUT2D eigenvalue weighted by molar-refractivity contribution is -0.140. The molecule has 0 saturated heterocycles. The van der Waals surface area contributed by atoms with Crippen LogP contribution in [-0.2, 0) is 22.4 Å². The van der Waals surface area contributed by atoms with Crippen LogP contribution in [0.3, 0.4) is 0 Å². The van der Waals surface area contributed by atoms with Crippen molar-refractivity contribution in [2.24, 2.45) is 5.92 Å². The first-order chi connectivity index (χ1) is 16.3. The van der Waals surface area contributed by atoms with Gasteiger partial charge in [0.05, 0.1) is 27.3 Å². The van der Waals surface area contributed by atoms with Gasteiger partial charge in [0, 0.05) is 31.9 Å². The third-order valence-corrected chi connectivity index (χ3v) is 8.19. The quantitative estimate of drug-likeness (QED) is 0.431. The van der Waals surface area contributed by atoms with Gasteiger partial charge in [0.1, 0.15) is 22.5 Å². The maximum absolute atomic E-state index is 13.0. The summed E-state index contributed by atoms with van der Waals surface area (Å²) in [5.74, 6) is 0.451. The number of aryl methyl sites for hydroxylation is 1. The van der Waals surface area contributed by atoms with Crippen LogP contribution in [0, 0.1) is 5.92 Å². The molecule has 4 aromatic rings. The van der Waals surface area contributed by atoms with Crippen molar-refractivity contribution >= 4 is 78.2 Å². The molecule has 1 aromatic carbocycles. The zero-order valence-electron chi connectivity index (χ0n) is 18.8. The second-order valence-corrected chi connectivity index (χ2v) is 10.8. The van der Waals surface area contributed by atoms with E-state index in [0.717, 1.165) is 37.4 Å². The molecule has 176 valence electrons. The van der Waals surface area contributed by atoms with E-state index in [-0.39, 0.29) is 24.3 Å². The van der Waals surface area contributed by atoms with Crippen molar-refractivity contribution in [1.29, 1.82) is 0 Å². The molecule has 3 aromatic heterocycles. The van der Waals surface area contributed by atoms with Gasteiger partial charge in [-0.05, 0) is 48.5 Å². The Hall–Kier alpha value is -2.89. The molecule has 2 amide bonds. The van der Waals surface area contributed by atoms with E-state index in [4.69, 9.17) is 11.6 Å². The largest absolute Gasteiger partial charge is 0.347 e. The summed E-state index contributed by atoms with van der Waals surface area (Å²) in [6.45, 7) is 0.0849. The molecule has 1 N–H and O–H groups in total. The second-order valence-electron chi connectivity index (χ2n) is 8.53. The predicted molar refractivity (Wildman–Crippen MR) is 135 cm³/mol. The summed E-state index contributed by atoms with van der Waals surface area (Å²) in [5.41, 5.74) is 2.67. The molecule has 12 heteroatoms. The van der Waals surface area contributed by atoms with Crippen LogP contribution in [0.5, 0.6) is 0 Å². The standard InChI is InChI=1S/C22H22ClN7O2S2/c1-29(2)18(31)9-30(3)22(32)11-4-5-12-16(6-11)33-21-19(12)20(24-10-25-21)26-14-8-17-15(7-13(14)23)27-28-34-17/h7-8,10-11H,4-6,9H2,1-3H3,(H,24,25,26)/t11-/m0/s1. The third-order valence-electron chi connectivity index (χ3n) is 6.03. The van der Waals surface area contributed by atoms with E-state index in [1.54, 1.807) is 38.5 Å². The number of rotatable bonds is 5. The van der Waals surface area contributed by atoms with Crippen LogP contribution in [0.15, 0.2) is 18.5 Å². The molecule has 9 nitrogen and oxygen atoms in total. The minimum absolute atomic E-state index is 0.000917. The van der Waals surface area contributed by atoms with Gasteiger partial charge in [-0.15, -0.1) is 16.4 Å². The summed E-state index contributed by atoms with van der Waals surface area (Å²) in [6, 6.07) is 3.71. The molecule has 0 bridgehead atoms. The molecular formula is C22H22ClN7O2S2. The summed E-state index contributed by atoms with van der Waals surface area (Å²) in [6.07, 6.45) is 3.63. The molecule has 5 rings (SSSR count). The van der Waals surface area contributed by atoms with Crippen LogP contribution in [0.25, 0.3) is 20.4 Å². The predicted octanol–water partition coefficient (Wildman–Crippen LogP) is 3.74. The third kappa shape index (κ3) is 4.19. The minimum Gasteiger partial charge on any atom is -0.347 e. The number of carbonyl (C=O) groups excluding carboxylic acids is 2. The zero-order chi connectivity index (χ0) is 24.0. The molecule has 0 fully saturated rings. The summed E-state index contributed by atoms with van der Waals surface area (Å²) in [4.78, 5) is 39.1. The number of hydrogen-bond acceptors (Lipinski definition) is 9. The van der Waals surface area contributed by atoms with Crippen molar-refractivity contribution in [3.63, 3.8) is 0 Å². The molecule has 0 aliphatic heterocycles. The molecule has 0 saturated carbocycles. The van der Waals surface area contributed by atoms with Gasteiger partial charge in [-0.25, -0.2) is 9.97 Å². The van der Waals surface area contributed by atoms with E-state index < -0.39 is 0 Å². The van der Waals surface area contributed by atoms with Gasteiger partial charge in [-0.2, -0.15) is 0 Å². The summed E-state index contributed by atoms with van der Waals surface area (Å²) in [5, 5.41) is 8.95. The van der Waals surface area contributed by atoms with Crippen LogP contribution >= 0.6 is 34.5 Å². The van der Waals surface area contributed by atoms with Gasteiger partial charge in [0.2, 0.25) is 11.8 Å². The van der Waals surface area contributed by atoms with E-state index in [9.17, 15) is 9.59 Å². The number of thiophene rings is 1. The van der Waals surface area contributed by atoms with Gasteiger partial charge in [-0.3, -0.25) is 9.59 Å². The fourth-order valence-electron chi connectivity index (χ4n) is 4.18. The highest BCUT2D eigenvalue weighted by Gasteiger charge is 2.31. The SMILES string of the molecule is CN(C)C(=O)CN(C)C(=O)[C@H]1CCc2c(sc3ncnc(Nc4cc5snnc5cc4Cl)c23)C1. The summed E-state index contributed by atoms with van der Waals surface area (Å²) in [7, 11) is 5.07. The average molecular weight is 516 g/mol. The molecule has 0 spiro atoms. The number of amides is 2. The first-order valence-corrected chi connectivity index (χ1v) is 12.7. The molecular weight excluding hydrogens is 494 g/mol. The Bertz CT molecular complexity index is 1420. The van der Waals surface area contributed by atoms with Crippen LogP contribution in [0.1, 0.15) is 16.9 Å². The molecule has 1 aliphatic carbocycles. The highest BCUT2D eigenvalue weighted by molar-refractivity contribution is 7.19. The number of anilines is 2. The lowest BCUT2D eigenvalue weighted by Gasteiger charge is -2.27. The Morgan fingerprint density at radius 2 is 2.06 bits per heavy atom. The van der Waals surface area contributed by atoms with Crippen molar-refractivity contribution in [2.75, 3.05) is 33.0 Å². The molecule has 1 atom stereocenters. The van der Waals surface area contributed by atoms with E-state index in [0.29, 0.717) is 23.7 Å². The first kappa shape index (κ1) is 22.9. The van der Waals surface area contributed by atoms with Crippen LogP contribution in [0.2, 0.25) is 5.02 Å². The first-order valence-electron chi connectivity index (χ1n) is 10.7. The van der Waals surface area contributed by atoms with Crippen molar-refractivity contribution in [3.05, 3.63) is 33.9 Å². The van der Waals surface area contributed by atoms with Crippen molar-refractivity contribution in [2.45, 2.75) is 19.3 Å². The Balaban J connectivity index is 1.41. The number of benzene rings is 1. The Kier molecular flexibility index (Phi) is 6.09. The van der Waals surface area contributed by atoms with Gasteiger partial charge in [0.15, 0.2) is 0 Å². The lowest BCUT2D eigenvalue weighted by atomic mass is 9.87. The number of halogens is 1. The Morgan fingerprint density at radius 1 is 1.24 bits per heavy atom. The molecule has 34 heavy (non-hydrogen) atoms. The van der Waals surface area contributed by atoms with Gasteiger partial charge in [0.25, 0.3) is 0 Å². The Morgan fingerprint density at radius 3 is 2.85 bits per heavy atom. The van der Waals surface area contributed by atoms with E-state index >= 15 is 0 Å². The number of nitrogens with one attached hydrogen (secondary N) is 1. The fraction of sp³-hybridized carbons (Fsp3) is 0.364. The van der Waals surface area contributed by atoms with Gasteiger partial charge >= 0.3 is 0 Å². The number of likely N-dealkylation sites (N-methyl/N-ethyl adjacent to an activating group) is 2. The number of nitrogens with zero attached hydrogens (tertiary/aromatic N) is 6. The summed E-state index contributed by atoms with van der Waals surface area (Å²) < 4.78 is 4.91. The zero-order valence-corrected chi connectivity index (χ0v) is 21.2. The van der Waals surface area contributed by atoms with Crippen LogP contribution < -0.4 is 5.32 Å². The minimum atomic E-state index is -0.152. The van der Waals surface area contributed by atoms with Gasteiger partial charge in [-0.1, -0.05) is 16.1 Å². The molecule has 3 heterocycles. The van der Waals surface area contributed by atoms with Gasteiger partial charge < -0.3 is 15.1 Å². The lowest BCUT2D eigenvalue weighted by Crippen LogP contribution is -2.41. The van der Waals surface area contributed by atoms with Crippen molar-refractivity contribution in [3.8, 4) is 0 Å². The van der Waals surface area contributed by atoms with Crippen LogP contribution in [-0.4, -0.2) is 68.9 Å². The highest BCUT2D eigenvalue weighted by Crippen LogP contribution is 2.41.